The second-order valence-electron chi connectivity index (χ2n) is 8.27. The molecule has 6 heteroatoms. The molecule has 35 heavy (non-hydrogen) atoms. The second-order valence-corrected chi connectivity index (χ2v) is 8.27. The molecule has 0 aromatic heterocycles. The number of methoxy groups -OCH3 is 1. The van der Waals surface area contributed by atoms with E-state index >= 15 is 0 Å². The van der Waals surface area contributed by atoms with E-state index < -0.39 is 17.6 Å². The van der Waals surface area contributed by atoms with E-state index in [2.05, 4.69) is 5.32 Å². The highest BCUT2D eigenvalue weighted by Gasteiger charge is 2.39. The number of hydrogen-bond acceptors (Lipinski definition) is 4. The van der Waals surface area contributed by atoms with E-state index in [4.69, 9.17) is 4.74 Å². The average Bonchev–Trinajstić information content (AvgIpc) is 3.12. The molecule has 1 aliphatic heterocycles. The van der Waals surface area contributed by atoms with Crippen LogP contribution in [0, 0.1) is 5.82 Å². The molecular formula is C29H23FN2O3. The molecule has 4 aromatic rings. The molecule has 0 fully saturated rings. The van der Waals surface area contributed by atoms with Crippen LogP contribution in [0.1, 0.15) is 11.1 Å². The average molecular weight is 467 g/mol. The number of nitrogens with zero attached hydrogens (tertiary/aromatic N) is 1. The van der Waals surface area contributed by atoms with Gasteiger partial charge >= 0.3 is 0 Å². The quantitative estimate of drug-likeness (QED) is 0.370. The summed E-state index contributed by atoms with van der Waals surface area (Å²) in [5.41, 5.74) is 2.60. The first-order chi connectivity index (χ1) is 17.0. The SMILES string of the molecule is COc1ccc(CCN2C(=O)C(Nc3cccc4ccccc34)=C(c3ccc(F)cc3)C2=O)cc1. The fourth-order valence-electron chi connectivity index (χ4n) is 4.28. The highest BCUT2D eigenvalue weighted by molar-refractivity contribution is 6.36. The van der Waals surface area contributed by atoms with Crippen molar-refractivity contribution in [3.05, 3.63) is 114 Å². The Kier molecular flexibility index (Phi) is 6.02. The minimum atomic E-state index is -0.411. The standard InChI is InChI=1S/C29H23FN2O3/c1-35-23-15-9-19(10-16-23)17-18-32-28(33)26(21-11-13-22(30)14-12-21)27(29(32)34)31-25-8-4-6-20-5-2-3-7-24(20)25/h2-16,31H,17-18H2,1H3. The third-order valence-corrected chi connectivity index (χ3v) is 6.13. The van der Waals surface area contributed by atoms with Gasteiger partial charge in [-0.1, -0.05) is 60.7 Å². The van der Waals surface area contributed by atoms with E-state index in [1.165, 1.54) is 29.2 Å². The van der Waals surface area contributed by atoms with Crippen LogP contribution in [0.5, 0.6) is 5.75 Å². The van der Waals surface area contributed by atoms with Crippen LogP contribution >= 0.6 is 0 Å². The van der Waals surface area contributed by atoms with Gasteiger partial charge in [-0.05, 0) is 53.3 Å². The van der Waals surface area contributed by atoms with Crippen molar-refractivity contribution in [1.82, 2.24) is 4.90 Å². The predicted molar refractivity (Wildman–Crippen MR) is 134 cm³/mol. The summed E-state index contributed by atoms with van der Waals surface area (Å²) in [4.78, 5) is 28.2. The lowest BCUT2D eigenvalue weighted by Crippen LogP contribution is -2.34. The number of nitrogens with one attached hydrogen (secondary N) is 1. The summed E-state index contributed by atoms with van der Waals surface area (Å²) >= 11 is 0. The number of carbonyl (C=O) groups excluding carboxylic acids is 2. The number of halogens is 1. The van der Waals surface area contributed by atoms with Gasteiger partial charge in [-0.25, -0.2) is 4.39 Å². The van der Waals surface area contributed by atoms with Crippen LogP contribution in [-0.4, -0.2) is 30.4 Å². The largest absolute Gasteiger partial charge is 0.497 e. The van der Waals surface area contributed by atoms with Crippen molar-refractivity contribution in [2.45, 2.75) is 6.42 Å². The number of fused-ring (bicyclic) bond motifs is 1. The number of benzene rings is 4. The molecule has 2 amide bonds. The van der Waals surface area contributed by atoms with Gasteiger partial charge in [0.2, 0.25) is 0 Å². The zero-order valence-electron chi connectivity index (χ0n) is 19.1. The molecule has 0 saturated heterocycles. The van der Waals surface area contributed by atoms with Crippen molar-refractivity contribution >= 4 is 33.8 Å². The Morgan fingerprint density at radius 2 is 1.54 bits per heavy atom. The predicted octanol–water partition coefficient (Wildman–Crippen LogP) is 5.42. The van der Waals surface area contributed by atoms with Crippen LogP contribution in [0.3, 0.4) is 0 Å². The molecule has 1 aliphatic rings. The third-order valence-electron chi connectivity index (χ3n) is 6.13. The fourth-order valence-corrected chi connectivity index (χ4v) is 4.28. The van der Waals surface area contributed by atoms with Crippen molar-refractivity contribution < 1.29 is 18.7 Å². The first-order valence-electron chi connectivity index (χ1n) is 11.3. The smallest absolute Gasteiger partial charge is 0.278 e. The number of carbonyl (C=O) groups is 2. The first-order valence-corrected chi connectivity index (χ1v) is 11.3. The van der Waals surface area contributed by atoms with Gasteiger partial charge in [0, 0.05) is 17.6 Å². The second kappa shape index (κ2) is 9.43. The summed E-state index contributed by atoms with van der Waals surface area (Å²) < 4.78 is 18.8. The van der Waals surface area contributed by atoms with Crippen molar-refractivity contribution in [2.75, 3.05) is 19.0 Å². The van der Waals surface area contributed by atoms with E-state index in [0.29, 0.717) is 12.0 Å². The van der Waals surface area contributed by atoms with Gasteiger partial charge < -0.3 is 10.1 Å². The van der Waals surface area contributed by atoms with Crippen LogP contribution < -0.4 is 10.1 Å². The maximum atomic E-state index is 13.6. The minimum absolute atomic E-state index is 0.188. The Hall–Kier alpha value is -4.45. The molecular weight excluding hydrogens is 443 g/mol. The van der Waals surface area contributed by atoms with Gasteiger partial charge in [0.05, 0.1) is 12.7 Å². The summed E-state index contributed by atoms with van der Waals surface area (Å²) in [7, 11) is 1.60. The van der Waals surface area contributed by atoms with Crippen molar-refractivity contribution in [3.63, 3.8) is 0 Å². The molecule has 0 radical (unpaired) electrons. The van der Waals surface area contributed by atoms with Crippen molar-refractivity contribution in [2.24, 2.45) is 0 Å². The van der Waals surface area contributed by atoms with Crippen LogP contribution in [0.4, 0.5) is 10.1 Å². The Labute approximate surface area is 202 Å². The number of ether oxygens (including phenoxy) is 1. The van der Waals surface area contributed by atoms with E-state index in [9.17, 15) is 14.0 Å². The van der Waals surface area contributed by atoms with Crippen LogP contribution in [-0.2, 0) is 16.0 Å². The van der Waals surface area contributed by atoms with Gasteiger partial charge in [-0.3, -0.25) is 14.5 Å². The fraction of sp³-hybridized carbons (Fsp3) is 0.103. The molecule has 4 aromatic carbocycles. The highest BCUT2D eigenvalue weighted by atomic mass is 19.1. The molecule has 0 atom stereocenters. The summed E-state index contributed by atoms with van der Waals surface area (Å²) in [5, 5.41) is 5.17. The zero-order valence-corrected chi connectivity index (χ0v) is 19.1. The Morgan fingerprint density at radius 3 is 2.29 bits per heavy atom. The van der Waals surface area contributed by atoms with Gasteiger partial charge in [-0.2, -0.15) is 0 Å². The maximum absolute atomic E-state index is 13.6. The lowest BCUT2D eigenvalue weighted by Gasteiger charge is -2.16. The van der Waals surface area contributed by atoms with Gasteiger partial charge in [-0.15, -0.1) is 0 Å². The summed E-state index contributed by atoms with van der Waals surface area (Å²) in [6.45, 7) is 0.218. The molecule has 1 N–H and O–H groups in total. The number of amides is 2. The number of hydrogen-bond donors (Lipinski definition) is 1. The number of rotatable bonds is 7. The molecule has 1 heterocycles. The van der Waals surface area contributed by atoms with Crippen molar-refractivity contribution in [3.8, 4) is 5.75 Å². The lowest BCUT2D eigenvalue weighted by atomic mass is 10.0. The lowest BCUT2D eigenvalue weighted by molar-refractivity contribution is -0.136. The van der Waals surface area contributed by atoms with Crippen LogP contribution in [0.15, 0.2) is 96.7 Å². The Bertz CT molecular complexity index is 1440. The van der Waals surface area contributed by atoms with E-state index in [1.807, 2.05) is 66.7 Å². The Balaban J connectivity index is 1.49. The van der Waals surface area contributed by atoms with Crippen LogP contribution in [0.2, 0.25) is 0 Å². The highest BCUT2D eigenvalue weighted by Crippen LogP contribution is 2.33. The molecule has 0 saturated carbocycles. The summed E-state index contributed by atoms with van der Waals surface area (Å²) in [6, 6.07) is 26.7. The molecule has 0 aliphatic carbocycles. The van der Waals surface area contributed by atoms with Gasteiger partial charge in [0.25, 0.3) is 11.8 Å². The Morgan fingerprint density at radius 1 is 0.829 bits per heavy atom. The number of imide groups is 1. The summed E-state index contributed by atoms with van der Waals surface area (Å²) in [6.07, 6.45) is 0.500. The van der Waals surface area contributed by atoms with Gasteiger partial charge in [0.15, 0.2) is 0 Å². The minimum Gasteiger partial charge on any atom is -0.497 e. The zero-order chi connectivity index (χ0) is 24.4. The molecule has 0 unspecified atom stereocenters. The third kappa shape index (κ3) is 4.38. The molecule has 0 spiro atoms. The van der Waals surface area contributed by atoms with Gasteiger partial charge in [0.1, 0.15) is 17.3 Å². The first kappa shape index (κ1) is 22.3. The van der Waals surface area contributed by atoms with Crippen molar-refractivity contribution in [1.29, 1.82) is 0 Å². The number of anilines is 1. The summed E-state index contributed by atoms with van der Waals surface area (Å²) in [5.74, 6) is -0.483. The molecule has 5 rings (SSSR count). The molecule has 174 valence electrons. The van der Waals surface area contributed by atoms with E-state index in [-0.39, 0.29) is 17.8 Å². The van der Waals surface area contributed by atoms with Crippen LogP contribution in [0.25, 0.3) is 16.3 Å². The molecule has 0 bridgehead atoms. The van der Waals surface area contributed by atoms with E-state index in [0.717, 1.165) is 27.8 Å². The topological polar surface area (TPSA) is 58.6 Å². The molecule has 5 nitrogen and oxygen atoms in total. The normalized spacial score (nSPS) is 13.6. The monoisotopic (exact) mass is 466 g/mol. The van der Waals surface area contributed by atoms with E-state index in [1.54, 1.807) is 7.11 Å². The maximum Gasteiger partial charge on any atom is 0.278 e.